The SMILES string of the molecule is NC(=O)c1sc(-c2cc(N)n[nH]2)cc1OCCc1ccccc1Cl. The van der Waals surface area contributed by atoms with Crippen LogP contribution in [0.3, 0.4) is 0 Å². The Bertz CT molecular complexity index is 875. The maximum atomic E-state index is 11.6. The number of halogens is 1. The molecule has 0 radical (unpaired) electrons. The molecule has 0 fully saturated rings. The molecule has 0 spiro atoms. The number of hydrogen-bond acceptors (Lipinski definition) is 5. The van der Waals surface area contributed by atoms with Gasteiger partial charge in [-0.25, -0.2) is 0 Å². The van der Waals surface area contributed by atoms with Crippen LogP contribution in [-0.4, -0.2) is 22.7 Å². The van der Waals surface area contributed by atoms with Crippen molar-refractivity contribution in [3.05, 3.63) is 51.9 Å². The van der Waals surface area contributed by atoms with Crippen molar-refractivity contribution in [1.82, 2.24) is 10.2 Å². The van der Waals surface area contributed by atoms with Crippen molar-refractivity contribution in [2.45, 2.75) is 6.42 Å². The maximum absolute atomic E-state index is 11.6. The van der Waals surface area contributed by atoms with Gasteiger partial charge in [0.05, 0.1) is 17.2 Å². The van der Waals surface area contributed by atoms with Gasteiger partial charge in [-0.3, -0.25) is 9.89 Å². The molecule has 0 saturated heterocycles. The summed E-state index contributed by atoms with van der Waals surface area (Å²) < 4.78 is 5.75. The number of nitrogens with one attached hydrogen (secondary N) is 1. The Morgan fingerprint density at radius 3 is 2.79 bits per heavy atom. The molecule has 6 nitrogen and oxygen atoms in total. The highest BCUT2D eigenvalue weighted by molar-refractivity contribution is 7.17. The van der Waals surface area contributed by atoms with Crippen LogP contribution in [0.25, 0.3) is 10.6 Å². The van der Waals surface area contributed by atoms with Gasteiger partial charge in [0.25, 0.3) is 5.91 Å². The molecule has 0 aliphatic carbocycles. The third kappa shape index (κ3) is 3.52. The van der Waals surface area contributed by atoms with E-state index in [1.54, 1.807) is 12.1 Å². The van der Waals surface area contributed by atoms with Gasteiger partial charge in [0.2, 0.25) is 0 Å². The second-order valence-electron chi connectivity index (χ2n) is 5.06. The summed E-state index contributed by atoms with van der Waals surface area (Å²) in [5, 5.41) is 7.37. The lowest BCUT2D eigenvalue weighted by Crippen LogP contribution is -2.11. The number of nitrogen functional groups attached to an aromatic ring is 1. The molecule has 2 aromatic heterocycles. The van der Waals surface area contributed by atoms with E-state index in [1.165, 1.54) is 11.3 Å². The van der Waals surface area contributed by atoms with Crippen LogP contribution in [0, 0.1) is 0 Å². The Balaban J connectivity index is 1.76. The van der Waals surface area contributed by atoms with Crippen LogP contribution >= 0.6 is 22.9 Å². The Hall–Kier alpha value is -2.51. The number of aromatic amines is 1. The summed E-state index contributed by atoms with van der Waals surface area (Å²) in [6.07, 6.45) is 0.625. The maximum Gasteiger partial charge on any atom is 0.262 e. The van der Waals surface area contributed by atoms with E-state index in [9.17, 15) is 4.79 Å². The first kappa shape index (κ1) is 16.4. The lowest BCUT2D eigenvalue weighted by atomic mass is 10.2. The van der Waals surface area contributed by atoms with Crippen LogP contribution in [0.4, 0.5) is 5.82 Å². The number of H-pyrrole nitrogens is 1. The van der Waals surface area contributed by atoms with Gasteiger partial charge >= 0.3 is 0 Å². The molecule has 0 atom stereocenters. The van der Waals surface area contributed by atoms with Crippen LogP contribution in [0.2, 0.25) is 5.02 Å². The molecule has 3 rings (SSSR count). The number of thiophene rings is 1. The van der Waals surface area contributed by atoms with Crippen LogP contribution in [0.5, 0.6) is 5.75 Å². The molecular weight excluding hydrogens is 348 g/mol. The number of hydrogen-bond donors (Lipinski definition) is 3. The first-order chi connectivity index (χ1) is 11.5. The number of benzene rings is 1. The van der Waals surface area contributed by atoms with Gasteiger partial charge in [0.15, 0.2) is 0 Å². The molecular formula is C16H15ClN4O2S. The molecule has 0 aliphatic rings. The summed E-state index contributed by atoms with van der Waals surface area (Å²) in [7, 11) is 0. The van der Waals surface area contributed by atoms with E-state index >= 15 is 0 Å². The minimum atomic E-state index is -0.536. The molecule has 5 N–H and O–H groups in total. The standard InChI is InChI=1S/C16H15ClN4O2S/c17-10-4-2-1-3-9(10)5-6-23-12-8-13(24-15(12)16(19)22)11-7-14(18)21-20-11/h1-4,7-8H,5-6H2,(H2,19,22)(H3,18,20,21). The summed E-state index contributed by atoms with van der Waals surface area (Å²) in [6.45, 7) is 0.380. The van der Waals surface area contributed by atoms with Gasteiger partial charge in [-0.05, 0) is 11.6 Å². The van der Waals surface area contributed by atoms with Gasteiger partial charge in [-0.15, -0.1) is 11.3 Å². The molecule has 124 valence electrons. The van der Waals surface area contributed by atoms with E-state index in [0.717, 1.165) is 10.4 Å². The Kier molecular flexibility index (Phi) is 4.73. The number of nitrogens with two attached hydrogens (primary N) is 2. The fraction of sp³-hybridized carbons (Fsp3) is 0.125. The van der Waals surface area contributed by atoms with Crippen LogP contribution in [-0.2, 0) is 6.42 Å². The number of carbonyl (C=O) groups is 1. The number of carbonyl (C=O) groups excluding carboxylic acids is 1. The fourth-order valence-corrected chi connectivity index (χ4v) is 3.37. The molecule has 0 unspecified atom stereocenters. The highest BCUT2D eigenvalue weighted by atomic mass is 35.5. The average molecular weight is 363 g/mol. The zero-order valence-electron chi connectivity index (χ0n) is 12.6. The van der Waals surface area contributed by atoms with Gasteiger partial charge < -0.3 is 16.2 Å². The second-order valence-corrected chi connectivity index (χ2v) is 6.52. The normalized spacial score (nSPS) is 10.7. The predicted octanol–water partition coefficient (Wildman–Crippen LogP) is 3.09. The predicted molar refractivity (Wildman–Crippen MR) is 95.5 cm³/mol. The van der Waals surface area contributed by atoms with E-state index in [-0.39, 0.29) is 0 Å². The lowest BCUT2D eigenvalue weighted by molar-refractivity contribution is 0.100. The molecule has 8 heteroatoms. The molecule has 0 saturated carbocycles. The molecule has 24 heavy (non-hydrogen) atoms. The molecule has 2 heterocycles. The monoisotopic (exact) mass is 362 g/mol. The largest absolute Gasteiger partial charge is 0.491 e. The summed E-state index contributed by atoms with van der Waals surface area (Å²) in [5.74, 6) is 0.286. The second kappa shape index (κ2) is 6.94. The van der Waals surface area contributed by atoms with E-state index in [4.69, 9.17) is 27.8 Å². The third-order valence-electron chi connectivity index (χ3n) is 3.37. The van der Waals surface area contributed by atoms with E-state index in [0.29, 0.717) is 40.2 Å². The molecule has 1 amide bonds. The van der Waals surface area contributed by atoms with Crippen LogP contribution < -0.4 is 16.2 Å². The van der Waals surface area contributed by atoms with Crippen molar-refractivity contribution < 1.29 is 9.53 Å². The summed E-state index contributed by atoms with van der Waals surface area (Å²) >= 11 is 7.35. The molecule has 0 aliphatic heterocycles. The minimum Gasteiger partial charge on any atom is -0.491 e. The molecule has 1 aromatic carbocycles. The summed E-state index contributed by atoms with van der Waals surface area (Å²) in [4.78, 5) is 12.8. The zero-order valence-corrected chi connectivity index (χ0v) is 14.2. The van der Waals surface area contributed by atoms with Crippen LogP contribution in [0.1, 0.15) is 15.2 Å². The highest BCUT2D eigenvalue weighted by Gasteiger charge is 2.17. The van der Waals surface area contributed by atoms with Crippen molar-refractivity contribution in [2.24, 2.45) is 5.73 Å². The Labute approximate surface area is 147 Å². The fourth-order valence-electron chi connectivity index (χ4n) is 2.22. The van der Waals surface area contributed by atoms with Gasteiger partial charge in [-0.1, -0.05) is 29.8 Å². The summed E-state index contributed by atoms with van der Waals surface area (Å²) in [5.41, 5.74) is 12.7. The zero-order chi connectivity index (χ0) is 17.1. The van der Waals surface area contributed by atoms with Crippen LogP contribution in [0.15, 0.2) is 36.4 Å². The van der Waals surface area contributed by atoms with Gasteiger partial charge in [0.1, 0.15) is 16.4 Å². The Morgan fingerprint density at radius 2 is 2.12 bits per heavy atom. The van der Waals surface area contributed by atoms with Gasteiger partial charge in [0, 0.05) is 23.6 Å². The van der Waals surface area contributed by atoms with E-state index in [1.807, 2.05) is 24.3 Å². The third-order valence-corrected chi connectivity index (χ3v) is 4.90. The number of amides is 1. The Morgan fingerprint density at radius 1 is 1.33 bits per heavy atom. The number of aromatic nitrogens is 2. The number of anilines is 1. The van der Waals surface area contributed by atoms with Crippen molar-refractivity contribution in [2.75, 3.05) is 12.3 Å². The average Bonchev–Trinajstić information content (AvgIpc) is 3.15. The number of nitrogens with zero attached hydrogens (tertiary/aromatic N) is 1. The first-order valence-corrected chi connectivity index (χ1v) is 8.35. The first-order valence-electron chi connectivity index (χ1n) is 7.15. The molecule has 0 bridgehead atoms. The summed E-state index contributed by atoms with van der Waals surface area (Å²) in [6, 6.07) is 11.0. The minimum absolute atomic E-state index is 0.359. The van der Waals surface area contributed by atoms with Crippen molar-refractivity contribution in [3.63, 3.8) is 0 Å². The number of rotatable bonds is 6. The van der Waals surface area contributed by atoms with E-state index < -0.39 is 5.91 Å². The van der Waals surface area contributed by atoms with Crippen molar-refractivity contribution >= 4 is 34.7 Å². The quantitative estimate of drug-likeness (QED) is 0.626. The molecule has 3 aromatic rings. The number of ether oxygens (including phenoxy) is 1. The van der Waals surface area contributed by atoms with Crippen molar-refractivity contribution in [3.8, 4) is 16.3 Å². The highest BCUT2D eigenvalue weighted by Crippen LogP contribution is 2.35. The van der Waals surface area contributed by atoms with E-state index in [2.05, 4.69) is 10.2 Å². The smallest absolute Gasteiger partial charge is 0.262 e. The van der Waals surface area contributed by atoms with Gasteiger partial charge in [-0.2, -0.15) is 5.10 Å². The topological polar surface area (TPSA) is 107 Å². The lowest BCUT2D eigenvalue weighted by Gasteiger charge is -2.07. The number of primary amides is 1. The van der Waals surface area contributed by atoms with Crippen molar-refractivity contribution in [1.29, 1.82) is 0 Å².